The lowest BCUT2D eigenvalue weighted by atomic mass is 9.87. The molecule has 1 aliphatic carbocycles. The molecule has 112 valence electrons. The van der Waals surface area contributed by atoms with Crippen LogP contribution in [0.3, 0.4) is 0 Å². The fraction of sp³-hybridized carbons (Fsp3) is 0.467. The highest BCUT2D eigenvalue weighted by atomic mass is 32.1. The molecule has 1 aliphatic rings. The number of carbonyl (C=O) groups is 1. The number of hydrogen-bond acceptors (Lipinski definition) is 5. The van der Waals surface area contributed by atoms with E-state index in [1.54, 1.807) is 17.7 Å². The Morgan fingerprint density at radius 3 is 3.19 bits per heavy atom. The van der Waals surface area contributed by atoms with Crippen LogP contribution in [0.25, 0.3) is 10.8 Å². The van der Waals surface area contributed by atoms with Crippen molar-refractivity contribution in [1.82, 2.24) is 10.3 Å². The molecule has 0 bridgehead atoms. The van der Waals surface area contributed by atoms with Gasteiger partial charge in [0.05, 0.1) is 12.4 Å². The van der Waals surface area contributed by atoms with Crippen molar-refractivity contribution in [2.45, 2.75) is 31.8 Å². The molecule has 2 aromatic heterocycles. The van der Waals surface area contributed by atoms with E-state index in [4.69, 9.17) is 4.42 Å². The zero-order valence-corrected chi connectivity index (χ0v) is 12.4. The second-order valence-electron chi connectivity index (χ2n) is 5.41. The second-order valence-corrected chi connectivity index (χ2v) is 6.27. The number of thiazole rings is 1. The van der Waals surface area contributed by atoms with Crippen LogP contribution >= 0.6 is 11.3 Å². The van der Waals surface area contributed by atoms with Crippen LogP contribution in [0.5, 0.6) is 0 Å². The lowest BCUT2D eigenvalue weighted by molar-refractivity contribution is 0.0871. The van der Waals surface area contributed by atoms with Gasteiger partial charge in [0.1, 0.15) is 5.69 Å². The monoisotopic (exact) mass is 306 g/mol. The van der Waals surface area contributed by atoms with Crippen LogP contribution in [0.2, 0.25) is 0 Å². The molecule has 1 saturated carbocycles. The lowest BCUT2D eigenvalue weighted by Gasteiger charge is -2.25. The normalized spacial score (nSPS) is 22.1. The Labute approximate surface area is 127 Å². The quantitative estimate of drug-likeness (QED) is 0.910. The van der Waals surface area contributed by atoms with Gasteiger partial charge in [-0.05, 0) is 37.3 Å². The summed E-state index contributed by atoms with van der Waals surface area (Å²) < 4.78 is 5.27. The summed E-state index contributed by atoms with van der Waals surface area (Å²) >= 11 is 1.39. The Kier molecular flexibility index (Phi) is 4.36. The summed E-state index contributed by atoms with van der Waals surface area (Å²) in [5.41, 5.74) is 0.419. The number of carbonyl (C=O) groups excluding carboxylic acids is 1. The van der Waals surface area contributed by atoms with Gasteiger partial charge in [0, 0.05) is 11.9 Å². The lowest BCUT2D eigenvalue weighted by Crippen LogP contribution is -2.33. The minimum atomic E-state index is -0.217. The molecule has 21 heavy (non-hydrogen) atoms. The third-order valence-electron chi connectivity index (χ3n) is 3.78. The van der Waals surface area contributed by atoms with E-state index in [9.17, 15) is 9.90 Å². The smallest absolute Gasteiger partial charge is 0.270 e. The Bertz CT molecular complexity index is 594. The molecule has 6 heteroatoms. The first-order valence-electron chi connectivity index (χ1n) is 7.18. The molecule has 2 N–H and O–H groups in total. The Hall–Kier alpha value is -1.66. The summed E-state index contributed by atoms with van der Waals surface area (Å²) in [5, 5.41) is 15.0. The number of furan rings is 1. The van der Waals surface area contributed by atoms with Crippen molar-refractivity contribution in [1.29, 1.82) is 0 Å². The van der Waals surface area contributed by atoms with Crippen LogP contribution in [-0.2, 0) is 0 Å². The standard InChI is InChI=1S/C15H18N2O3S/c18-11-4-1-3-10(7-11)8-16-14(19)12-9-21-15(17-12)13-5-2-6-20-13/h2,5-6,9-11,18H,1,3-4,7-8H2,(H,16,19). The first-order valence-corrected chi connectivity index (χ1v) is 8.06. The van der Waals surface area contributed by atoms with Gasteiger partial charge in [0.25, 0.3) is 5.91 Å². The third-order valence-corrected chi connectivity index (χ3v) is 4.63. The van der Waals surface area contributed by atoms with Crippen LogP contribution in [0, 0.1) is 5.92 Å². The summed E-state index contributed by atoms with van der Waals surface area (Å²) in [6.07, 6.45) is 5.11. The van der Waals surface area contributed by atoms with Crippen molar-refractivity contribution in [2.75, 3.05) is 6.54 Å². The predicted octanol–water partition coefficient (Wildman–Crippen LogP) is 2.68. The summed E-state index contributed by atoms with van der Waals surface area (Å²) in [7, 11) is 0. The van der Waals surface area contributed by atoms with E-state index in [0.717, 1.165) is 25.7 Å². The molecule has 5 nitrogen and oxygen atoms in total. The van der Waals surface area contributed by atoms with Gasteiger partial charge in [-0.15, -0.1) is 11.3 Å². The highest BCUT2D eigenvalue weighted by molar-refractivity contribution is 7.13. The molecule has 1 amide bonds. The predicted molar refractivity (Wildman–Crippen MR) is 80.1 cm³/mol. The molecule has 0 aliphatic heterocycles. The molecule has 2 unspecified atom stereocenters. The largest absolute Gasteiger partial charge is 0.462 e. The number of nitrogens with zero attached hydrogens (tertiary/aromatic N) is 1. The molecule has 2 heterocycles. The van der Waals surface area contributed by atoms with Crippen molar-refractivity contribution < 1.29 is 14.3 Å². The summed E-state index contributed by atoms with van der Waals surface area (Å²) in [6.45, 7) is 0.601. The summed E-state index contributed by atoms with van der Waals surface area (Å²) in [6, 6.07) is 3.62. The first-order chi connectivity index (χ1) is 10.2. The van der Waals surface area contributed by atoms with Crippen molar-refractivity contribution >= 4 is 17.2 Å². The molecule has 3 rings (SSSR count). The molecule has 0 radical (unpaired) electrons. The second kappa shape index (κ2) is 6.41. The molecule has 0 spiro atoms. The van der Waals surface area contributed by atoms with E-state index in [1.165, 1.54) is 11.3 Å². The number of aromatic nitrogens is 1. The Balaban J connectivity index is 1.56. The number of aliphatic hydroxyl groups is 1. The maximum atomic E-state index is 12.1. The topological polar surface area (TPSA) is 75.4 Å². The summed E-state index contributed by atoms with van der Waals surface area (Å²) in [4.78, 5) is 16.4. The van der Waals surface area contributed by atoms with E-state index < -0.39 is 0 Å². The van der Waals surface area contributed by atoms with Gasteiger partial charge in [-0.3, -0.25) is 4.79 Å². The SMILES string of the molecule is O=C(NCC1CCCC(O)C1)c1csc(-c2ccco2)n1. The van der Waals surface area contributed by atoms with E-state index in [1.807, 2.05) is 6.07 Å². The van der Waals surface area contributed by atoms with Crippen LogP contribution in [0.1, 0.15) is 36.2 Å². The molecule has 0 aromatic carbocycles. The molecule has 1 fully saturated rings. The molecule has 2 aromatic rings. The molecule has 2 atom stereocenters. The first kappa shape index (κ1) is 14.3. The summed E-state index contributed by atoms with van der Waals surface area (Å²) in [5.74, 6) is 0.874. The fourth-order valence-corrected chi connectivity index (χ4v) is 3.43. The van der Waals surface area contributed by atoms with Crippen molar-refractivity contribution in [3.8, 4) is 10.8 Å². The van der Waals surface area contributed by atoms with Crippen LogP contribution in [0.4, 0.5) is 0 Å². The van der Waals surface area contributed by atoms with Gasteiger partial charge in [0.15, 0.2) is 10.8 Å². The number of amides is 1. The van der Waals surface area contributed by atoms with E-state index in [0.29, 0.717) is 28.9 Å². The third kappa shape index (κ3) is 3.51. The number of rotatable bonds is 4. The minimum Gasteiger partial charge on any atom is -0.462 e. The van der Waals surface area contributed by atoms with Gasteiger partial charge >= 0.3 is 0 Å². The fourth-order valence-electron chi connectivity index (χ4n) is 2.67. The van der Waals surface area contributed by atoms with Crippen LogP contribution < -0.4 is 5.32 Å². The van der Waals surface area contributed by atoms with Gasteiger partial charge in [-0.25, -0.2) is 4.98 Å². The average molecular weight is 306 g/mol. The van der Waals surface area contributed by atoms with Crippen LogP contribution in [0.15, 0.2) is 28.2 Å². The van der Waals surface area contributed by atoms with Crippen molar-refractivity contribution in [3.05, 3.63) is 29.5 Å². The number of aliphatic hydroxyl groups excluding tert-OH is 1. The zero-order chi connectivity index (χ0) is 14.7. The van der Waals surface area contributed by atoms with E-state index >= 15 is 0 Å². The van der Waals surface area contributed by atoms with Gasteiger partial charge in [-0.2, -0.15) is 0 Å². The molecule has 0 saturated heterocycles. The van der Waals surface area contributed by atoms with Gasteiger partial charge < -0.3 is 14.8 Å². The average Bonchev–Trinajstić information content (AvgIpc) is 3.15. The Morgan fingerprint density at radius 2 is 2.43 bits per heavy atom. The highest BCUT2D eigenvalue weighted by Gasteiger charge is 2.21. The van der Waals surface area contributed by atoms with Crippen molar-refractivity contribution in [3.63, 3.8) is 0 Å². The van der Waals surface area contributed by atoms with E-state index in [2.05, 4.69) is 10.3 Å². The Morgan fingerprint density at radius 1 is 1.52 bits per heavy atom. The van der Waals surface area contributed by atoms with Crippen LogP contribution in [-0.4, -0.2) is 28.6 Å². The number of hydrogen-bond donors (Lipinski definition) is 2. The van der Waals surface area contributed by atoms with Crippen molar-refractivity contribution in [2.24, 2.45) is 5.92 Å². The van der Waals surface area contributed by atoms with Gasteiger partial charge in [0.2, 0.25) is 0 Å². The molecular weight excluding hydrogens is 288 g/mol. The number of nitrogens with one attached hydrogen (secondary N) is 1. The maximum Gasteiger partial charge on any atom is 0.270 e. The van der Waals surface area contributed by atoms with Gasteiger partial charge in [-0.1, -0.05) is 6.42 Å². The zero-order valence-electron chi connectivity index (χ0n) is 11.6. The maximum absolute atomic E-state index is 12.1. The minimum absolute atomic E-state index is 0.163. The molecular formula is C15H18N2O3S. The highest BCUT2D eigenvalue weighted by Crippen LogP contribution is 2.25. The van der Waals surface area contributed by atoms with E-state index in [-0.39, 0.29) is 12.0 Å².